The first-order valence-corrected chi connectivity index (χ1v) is 9.57. The predicted molar refractivity (Wildman–Crippen MR) is 69.6 cm³/mol. The topological polar surface area (TPSA) is 83.6 Å². The molecule has 2 atom stereocenters. The SMILES string of the molecule is CC1CS(=O)(=O)CCN1S(=O)(=O)C1CCCNC1. The van der Waals surface area contributed by atoms with Gasteiger partial charge in [-0.05, 0) is 26.3 Å². The summed E-state index contributed by atoms with van der Waals surface area (Å²) in [6.45, 7) is 3.10. The Morgan fingerprint density at radius 1 is 1.33 bits per heavy atom. The summed E-state index contributed by atoms with van der Waals surface area (Å²) in [5.74, 6) is -0.122. The lowest BCUT2D eigenvalue weighted by Crippen LogP contribution is -2.54. The van der Waals surface area contributed by atoms with Crippen molar-refractivity contribution in [2.75, 3.05) is 31.1 Å². The molecule has 0 aromatic carbocycles. The highest BCUT2D eigenvalue weighted by Crippen LogP contribution is 2.22. The van der Waals surface area contributed by atoms with E-state index in [1.165, 1.54) is 4.31 Å². The van der Waals surface area contributed by atoms with Gasteiger partial charge in [0, 0.05) is 19.1 Å². The van der Waals surface area contributed by atoms with Crippen LogP contribution in [0.1, 0.15) is 19.8 Å². The van der Waals surface area contributed by atoms with E-state index in [1.54, 1.807) is 6.92 Å². The van der Waals surface area contributed by atoms with E-state index in [4.69, 9.17) is 0 Å². The zero-order chi connectivity index (χ0) is 13.4. The van der Waals surface area contributed by atoms with E-state index in [-0.39, 0.29) is 18.1 Å². The molecule has 2 fully saturated rings. The van der Waals surface area contributed by atoms with Crippen LogP contribution in [0.4, 0.5) is 0 Å². The van der Waals surface area contributed by atoms with Crippen LogP contribution in [-0.2, 0) is 19.9 Å². The Morgan fingerprint density at radius 2 is 2.06 bits per heavy atom. The van der Waals surface area contributed by atoms with E-state index in [0.717, 1.165) is 13.0 Å². The fourth-order valence-corrected chi connectivity index (χ4v) is 6.49. The van der Waals surface area contributed by atoms with Crippen LogP contribution in [-0.4, -0.2) is 63.6 Å². The number of piperidine rings is 1. The monoisotopic (exact) mass is 296 g/mol. The summed E-state index contributed by atoms with van der Waals surface area (Å²) in [6, 6.07) is -0.448. The van der Waals surface area contributed by atoms with Gasteiger partial charge in [0.05, 0.1) is 16.8 Å². The normalized spacial score (nSPS) is 34.3. The maximum atomic E-state index is 12.5. The molecule has 0 amide bonds. The third-order valence-electron chi connectivity index (χ3n) is 3.61. The molecule has 2 rings (SSSR count). The molecule has 0 aromatic rings. The van der Waals surface area contributed by atoms with Gasteiger partial charge in [0.2, 0.25) is 10.0 Å². The predicted octanol–water partition coefficient (Wildman–Crippen LogP) is -0.813. The van der Waals surface area contributed by atoms with E-state index < -0.39 is 31.2 Å². The molecule has 0 saturated carbocycles. The lowest BCUT2D eigenvalue weighted by molar-refractivity contribution is 0.344. The van der Waals surface area contributed by atoms with Gasteiger partial charge in [0.25, 0.3) is 0 Å². The summed E-state index contributed by atoms with van der Waals surface area (Å²) in [4.78, 5) is 0. The lowest BCUT2D eigenvalue weighted by Gasteiger charge is -2.36. The molecule has 18 heavy (non-hydrogen) atoms. The minimum atomic E-state index is -3.38. The summed E-state index contributed by atoms with van der Waals surface area (Å²) < 4.78 is 49.2. The molecule has 1 N–H and O–H groups in total. The Bertz CT molecular complexity index is 494. The van der Waals surface area contributed by atoms with Gasteiger partial charge in [0.1, 0.15) is 0 Å². The van der Waals surface area contributed by atoms with Crippen LogP contribution in [0.2, 0.25) is 0 Å². The smallest absolute Gasteiger partial charge is 0.218 e. The van der Waals surface area contributed by atoms with Gasteiger partial charge in [-0.25, -0.2) is 16.8 Å². The number of hydrogen-bond acceptors (Lipinski definition) is 5. The molecule has 0 bridgehead atoms. The van der Waals surface area contributed by atoms with E-state index in [2.05, 4.69) is 5.32 Å². The molecule has 0 aliphatic carbocycles. The molecule has 2 heterocycles. The molecule has 8 heteroatoms. The second-order valence-electron chi connectivity index (χ2n) is 5.09. The summed E-state index contributed by atoms with van der Waals surface area (Å²) in [6.07, 6.45) is 1.51. The van der Waals surface area contributed by atoms with E-state index >= 15 is 0 Å². The average molecular weight is 296 g/mol. The summed E-state index contributed by atoms with van der Waals surface area (Å²) in [7, 11) is -6.46. The van der Waals surface area contributed by atoms with Gasteiger partial charge in [0.15, 0.2) is 9.84 Å². The summed E-state index contributed by atoms with van der Waals surface area (Å²) in [5.41, 5.74) is 0. The van der Waals surface area contributed by atoms with Crippen molar-refractivity contribution in [2.24, 2.45) is 0 Å². The number of sulfone groups is 1. The third-order valence-corrected chi connectivity index (χ3v) is 7.85. The molecule has 2 aliphatic heterocycles. The first kappa shape index (κ1) is 14.2. The van der Waals surface area contributed by atoms with E-state index in [0.29, 0.717) is 13.0 Å². The van der Waals surface area contributed by atoms with Crippen LogP contribution < -0.4 is 5.32 Å². The Morgan fingerprint density at radius 3 is 2.61 bits per heavy atom. The van der Waals surface area contributed by atoms with Crippen LogP contribution in [0.15, 0.2) is 0 Å². The minimum absolute atomic E-state index is 0.0588. The van der Waals surface area contributed by atoms with E-state index in [9.17, 15) is 16.8 Å². The first-order valence-electron chi connectivity index (χ1n) is 6.25. The van der Waals surface area contributed by atoms with Gasteiger partial charge >= 0.3 is 0 Å². The summed E-state index contributed by atoms with van der Waals surface area (Å²) >= 11 is 0. The highest BCUT2D eigenvalue weighted by Gasteiger charge is 2.40. The van der Waals surface area contributed by atoms with Crippen LogP contribution >= 0.6 is 0 Å². The number of nitrogens with zero attached hydrogens (tertiary/aromatic N) is 1. The lowest BCUT2D eigenvalue weighted by atomic mass is 10.2. The van der Waals surface area contributed by atoms with Gasteiger partial charge < -0.3 is 5.32 Å². The molecule has 0 spiro atoms. The second-order valence-corrected chi connectivity index (χ2v) is 9.48. The molecular weight excluding hydrogens is 276 g/mol. The fraction of sp³-hybridized carbons (Fsp3) is 1.00. The van der Waals surface area contributed by atoms with Crippen LogP contribution in [0.3, 0.4) is 0 Å². The number of nitrogens with one attached hydrogen (secondary N) is 1. The molecule has 106 valence electrons. The third kappa shape index (κ3) is 2.87. The Kier molecular flexibility index (Phi) is 4.01. The molecule has 2 unspecified atom stereocenters. The highest BCUT2D eigenvalue weighted by molar-refractivity contribution is 7.92. The number of hydrogen-bond donors (Lipinski definition) is 1. The van der Waals surface area contributed by atoms with Gasteiger partial charge in [-0.15, -0.1) is 0 Å². The van der Waals surface area contributed by atoms with Crippen LogP contribution in [0, 0.1) is 0 Å². The molecule has 2 saturated heterocycles. The van der Waals surface area contributed by atoms with Crippen molar-refractivity contribution in [3.05, 3.63) is 0 Å². The molecule has 0 aromatic heterocycles. The van der Waals surface area contributed by atoms with Gasteiger partial charge in [-0.3, -0.25) is 0 Å². The Labute approximate surface area is 109 Å². The van der Waals surface area contributed by atoms with Crippen molar-refractivity contribution < 1.29 is 16.8 Å². The first-order chi connectivity index (χ1) is 8.33. The minimum Gasteiger partial charge on any atom is -0.315 e. The van der Waals surface area contributed by atoms with Crippen molar-refractivity contribution in [3.8, 4) is 0 Å². The van der Waals surface area contributed by atoms with Gasteiger partial charge in [-0.2, -0.15) is 4.31 Å². The van der Waals surface area contributed by atoms with Crippen LogP contribution in [0.5, 0.6) is 0 Å². The molecular formula is C10H20N2O4S2. The molecule has 6 nitrogen and oxygen atoms in total. The Hall–Kier alpha value is -0.180. The largest absolute Gasteiger partial charge is 0.315 e. The second kappa shape index (κ2) is 5.07. The van der Waals surface area contributed by atoms with Crippen molar-refractivity contribution in [1.82, 2.24) is 9.62 Å². The number of sulfonamides is 1. The molecule has 2 aliphatic rings. The van der Waals surface area contributed by atoms with Gasteiger partial charge in [-0.1, -0.05) is 0 Å². The maximum absolute atomic E-state index is 12.5. The average Bonchev–Trinajstić information content (AvgIpc) is 2.28. The zero-order valence-electron chi connectivity index (χ0n) is 10.5. The number of rotatable bonds is 2. The van der Waals surface area contributed by atoms with Crippen LogP contribution in [0.25, 0.3) is 0 Å². The van der Waals surface area contributed by atoms with Crippen molar-refractivity contribution in [2.45, 2.75) is 31.1 Å². The molecule has 0 radical (unpaired) electrons. The van der Waals surface area contributed by atoms with E-state index in [1.807, 2.05) is 0 Å². The standard InChI is InChI=1S/C10H20N2O4S2/c1-9-8-17(13,14)6-5-12(9)18(15,16)10-3-2-4-11-7-10/h9-11H,2-8H2,1H3. The fourth-order valence-electron chi connectivity index (χ4n) is 2.63. The summed E-state index contributed by atoms with van der Waals surface area (Å²) in [5, 5.41) is 2.68. The van der Waals surface area contributed by atoms with Crippen molar-refractivity contribution in [1.29, 1.82) is 0 Å². The zero-order valence-corrected chi connectivity index (χ0v) is 12.1. The maximum Gasteiger partial charge on any atom is 0.218 e. The highest BCUT2D eigenvalue weighted by atomic mass is 32.2. The van der Waals surface area contributed by atoms with Crippen molar-refractivity contribution in [3.63, 3.8) is 0 Å². The Balaban J connectivity index is 2.15. The quantitative estimate of drug-likeness (QED) is 0.720. The van der Waals surface area contributed by atoms with Crippen molar-refractivity contribution >= 4 is 19.9 Å².